The Kier molecular flexibility index (Phi) is 5.89. The molecule has 0 aromatic carbocycles. The zero-order valence-electron chi connectivity index (χ0n) is 9.48. The van der Waals surface area contributed by atoms with Crippen LogP contribution >= 0.6 is 0 Å². The molecular weight excluding hydrogens is 172 g/mol. The number of ketones is 1. The summed E-state index contributed by atoms with van der Waals surface area (Å²) >= 11 is 0. The van der Waals surface area contributed by atoms with Gasteiger partial charge >= 0.3 is 0 Å². The first-order chi connectivity index (χ1) is 6.83. The third kappa shape index (κ3) is 4.78. The van der Waals surface area contributed by atoms with Crippen molar-refractivity contribution in [2.24, 2.45) is 0 Å². The maximum absolute atomic E-state index is 11.6. The third-order valence-corrected chi connectivity index (χ3v) is 3.04. The van der Waals surface area contributed by atoms with Gasteiger partial charge in [0.15, 0.2) is 0 Å². The minimum Gasteiger partial charge on any atom is -0.300 e. The van der Waals surface area contributed by atoms with Crippen molar-refractivity contribution in [2.75, 3.05) is 0 Å². The minimum atomic E-state index is 0.482. The lowest BCUT2D eigenvalue weighted by molar-refractivity contribution is -0.119. The molecule has 1 aliphatic rings. The second-order valence-electron chi connectivity index (χ2n) is 4.48. The fourth-order valence-electron chi connectivity index (χ4n) is 2.25. The molecular formula is C13H23O. The first-order valence-corrected chi connectivity index (χ1v) is 6.18. The molecule has 1 aliphatic carbocycles. The summed E-state index contributed by atoms with van der Waals surface area (Å²) in [6.45, 7) is 2.20. The van der Waals surface area contributed by atoms with Gasteiger partial charge < -0.3 is 0 Å². The third-order valence-electron chi connectivity index (χ3n) is 3.04. The van der Waals surface area contributed by atoms with Crippen molar-refractivity contribution in [2.45, 2.75) is 71.1 Å². The molecule has 1 nitrogen and oxygen atoms in total. The van der Waals surface area contributed by atoms with Crippen molar-refractivity contribution in [3.63, 3.8) is 0 Å². The van der Waals surface area contributed by atoms with Crippen LogP contribution in [-0.4, -0.2) is 5.78 Å². The van der Waals surface area contributed by atoms with E-state index in [9.17, 15) is 4.79 Å². The highest BCUT2D eigenvalue weighted by atomic mass is 16.1. The van der Waals surface area contributed by atoms with Crippen LogP contribution in [0.3, 0.4) is 0 Å². The van der Waals surface area contributed by atoms with Crippen molar-refractivity contribution in [1.29, 1.82) is 0 Å². The van der Waals surface area contributed by atoms with Crippen molar-refractivity contribution in [1.82, 2.24) is 0 Å². The van der Waals surface area contributed by atoms with Crippen LogP contribution < -0.4 is 0 Å². The van der Waals surface area contributed by atoms with E-state index < -0.39 is 0 Å². The highest BCUT2D eigenvalue weighted by molar-refractivity contribution is 5.80. The molecule has 0 atom stereocenters. The van der Waals surface area contributed by atoms with E-state index in [0.29, 0.717) is 5.78 Å². The molecule has 0 saturated heterocycles. The normalized spacial score (nSPS) is 22.2. The van der Waals surface area contributed by atoms with Crippen LogP contribution in [0.25, 0.3) is 0 Å². The van der Waals surface area contributed by atoms with Crippen LogP contribution in [0.2, 0.25) is 0 Å². The zero-order chi connectivity index (χ0) is 10.2. The Hall–Kier alpha value is -0.330. The number of carbonyl (C=O) groups excluding carboxylic acids is 1. The van der Waals surface area contributed by atoms with E-state index in [0.717, 1.165) is 19.3 Å². The summed E-state index contributed by atoms with van der Waals surface area (Å²) in [6.07, 6.45) is 11.6. The van der Waals surface area contributed by atoms with E-state index in [1.165, 1.54) is 50.9 Å². The van der Waals surface area contributed by atoms with E-state index >= 15 is 0 Å². The zero-order valence-corrected chi connectivity index (χ0v) is 9.48. The molecule has 0 aromatic rings. The van der Waals surface area contributed by atoms with Gasteiger partial charge in [-0.1, -0.05) is 39.0 Å². The van der Waals surface area contributed by atoms with Gasteiger partial charge in [-0.2, -0.15) is 0 Å². The summed E-state index contributed by atoms with van der Waals surface area (Å²) in [6, 6.07) is 0. The summed E-state index contributed by atoms with van der Waals surface area (Å²) < 4.78 is 0. The fourth-order valence-corrected chi connectivity index (χ4v) is 2.25. The molecule has 0 heterocycles. The highest BCUT2D eigenvalue weighted by Gasteiger charge is 2.14. The first-order valence-electron chi connectivity index (χ1n) is 6.18. The largest absolute Gasteiger partial charge is 0.300 e. The Balaban J connectivity index is 2.35. The van der Waals surface area contributed by atoms with Gasteiger partial charge in [0, 0.05) is 12.8 Å². The van der Waals surface area contributed by atoms with Crippen LogP contribution in [-0.2, 0) is 4.79 Å². The average molecular weight is 195 g/mol. The summed E-state index contributed by atoms with van der Waals surface area (Å²) in [5.74, 6) is 2.00. The van der Waals surface area contributed by atoms with Gasteiger partial charge in [0.05, 0.1) is 0 Å². The predicted octanol–water partition coefficient (Wildman–Crippen LogP) is 4.06. The molecule has 0 N–H and O–H groups in total. The van der Waals surface area contributed by atoms with Crippen LogP contribution in [0.4, 0.5) is 0 Å². The van der Waals surface area contributed by atoms with Crippen LogP contribution in [0, 0.1) is 5.92 Å². The van der Waals surface area contributed by atoms with Gasteiger partial charge in [-0.15, -0.1) is 0 Å². The lowest BCUT2D eigenvalue weighted by Gasteiger charge is -2.16. The molecule has 1 saturated carbocycles. The smallest absolute Gasteiger partial charge is 0.133 e. The molecule has 81 valence electrons. The molecule has 0 amide bonds. The maximum Gasteiger partial charge on any atom is 0.133 e. The van der Waals surface area contributed by atoms with E-state index in [-0.39, 0.29) is 0 Å². The molecule has 0 aliphatic heterocycles. The lowest BCUT2D eigenvalue weighted by Crippen LogP contribution is -2.08. The predicted molar refractivity (Wildman–Crippen MR) is 60.1 cm³/mol. The van der Waals surface area contributed by atoms with Gasteiger partial charge in [-0.3, -0.25) is 4.79 Å². The second kappa shape index (κ2) is 7.03. The molecule has 0 spiro atoms. The van der Waals surface area contributed by atoms with Gasteiger partial charge in [0.1, 0.15) is 5.78 Å². The maximum atomic E-state index is 11.6. The first kappa shape index (κ1) is 11.7. The number of hydrogen-bond acceptors (Lipinski definition) is 1. The molecule has 1 radical (unpaired) electrons. The topological polar surface area (TPSA) is 17.1 Å². The fraction of sp³-hybridized carbons (Fsp3) is 0.846. The van der Waals surface area contributed by atoms with E-state index in [1.807, 2.05) is 0 Å². The Bertz CT molecular complexity index is 163. The molecule has 1 fully saturated rings. The molecule has 14 heavy (non-hydrogen) atoms. The van der Waals surface area contributed by atoms with Crippen molar-refractivity contribution < 1.29 is 4.79 Å². The number of Topliss-reactive ketones (excluding diaryl/α,β-unsaturated/α-hetero) is 1. The SMILES string of the molecule is CCC[C]1CCCCCCCC(=O)C1. The molecule has 1 heteroatoms. The minimum absolute atomic E-state index is 0.482. The summed E-state index contributed by atoms with van der Waals surface area (Å²) in [7, 11) is 0. The summed E-state index contributed by atoms with van der Waals surface area (Å²) in [5.41, 5.74) is 0. The number of carbonyl (C=O) groups is 1. The molecule has 0 aromatic heterocycles. The van der Waals surface area contributed by atoms with E-state index in [4.69, 9.17) is 0 Å². The van der Waals surface area contributed by atoms with Crippen molar-refractivity contribution in [3.05, 3.63) is 5.92 Å². The van der Waals surface area contributed by atoms with E-state index in [1.54, 1.807) is 0 Å². The quantitative estimate of drug-likeness (QED) is 0.649. The Morgan fingerprint density at radius 3 is 2.36 bits per heavy atom. The summed E-state index contributed by atoms with van der Waals surface area (Å²) in [5, 5.41) is 0. The Morgan fingerprint density at radius 2 is 1.64 bits per heavy atom. The van der Waals surface area contributed by atoms with Crippen LogP contribution in [0.1, 0.15) is 71.1 Å². The van der Waals surface area contributed by atoms with E-state index in [2.05, 4.69) is 6.92 Å². The van der Waals surface area contributed by atoms with Gasteiger partial charge in [-0.05, 0) is 25.2 Å². The molecule has 0 unspecified atom stereocenters. The van der Waals surface area contributed by atoms with Crippen LogP contribution in [0.5, 0.6) is 0 Å². The van der Waals surface area contributed by atoms with Crippen molar-refractivity contribution in [3.8, 4) is 0 Å². The van der Waals surface area contributed by atoms with Crippen molar-refractivity contribution >= 4 is 5.78 Å². The second-order valence-corrected chi connectivity index (χ2v) is 4.48. The standard InChI is InChI=1S/C13H23O/c1-2-8-12-9-6-4-3-5-7-10-13(14)11-12/h2-11H2,1H3. The Labute approximate surface area is 88.3 Å². The van der Waals surface area contributed by atoms with Crippen LogP contribution in [0.15, 0.2) is 0 Å². The Morgan fingerprint density at radius 1 is 1.00 bits per heavy atom. The van der Waals surface area contributed by atoms with Gasteiger partial charge in [0.2, 0.25) is 0 Å². The summed E-state index contributed by atoms with van der Waals surface area (Å²) in [4.78, 5) is 11.6. The number of hydrogen-bond donors (Lipinski definition) is 0. The lowest BCUT2D eigenvalue weighted by atomic mass is 9.89. The number of rotatable bonds is 2. The highest BCUT2D eigenvalue weighted by Crippen LogP contribution is 2.24. The monoisotopic (exact) mass is 195 g/mol. The van der Waals surface area contributed by atoms with Gasteiger partial charge in [0.25, 0.3) is 0 Å². The average Bonchev–Trinajstić information content (AvgIpc) is 2.17. The van der Waals surface area contributed by atoms with Gasteiger partial charge in [-0.25, -0.2) is 0 Å². The molecule has 0 bridgehead atoms. The molecule has 1 rings (SSSR count).